The number of nitrogens with two attached hydrogens (primary N) is 1. The SMILES string of the molecule is Br.Br.C[C@@H](N)c1ccc(C(=O)Nc2ccncc2)c([N+](=O)[O-])c1. The standard InChI is InChI=1S/C14H14N4O3.2BrH/c1-9(15)10-2-3-12(13(8-10)18(20)21)14(19)17-11-4-6-16-7-5-11;;/h2-9H,15H2,1H3,(H,16,17,19);2*1H/t9-;;/m1../s1. The Bertz CT molecular complexity index is 681. The van der Waals surface area contributed by atoms with E-state index in [1.165, 1.54) is 24.5 Å². The molecule has 0 bridgehead atoms. The summed E-state index contributed by atoms with van der Waals surface area (Å²) in [4.78, 5) is 26.5. The van der Waals surface area contributed by atoms with Crippen molar-refractivity contribution in [3.05, 3.63) is 64.0 Å². The van der Waals surface area contributed by atoms with Crippen LogP contribution in [-0.4, -0.2) is 15.8 Å². The number of nitrogens with zero attached hydrogens (tertiary/aromatic N) is 2. The van der Waals surface area contributed by atoms with Crippen LogP contribution in [0.25, 0.3) is 0 Å². The predicted molar refractivity (Wildman–Crippen MR) is 98.5 cm³/mol. The normalized spacial score (nSPS) is 10.7. The van der Waals surface area contributed by atoms with E-state index in [2.05, 4.69) is 10.3 Å². The molecule has 0 saturated carbocycles. The van der Waals surface area contributed by atoms with Crippen molar-refractivity contribution in [3.63, 3.8) is 0 Å². The number of carbonyl (C=O) groups excluding carboxylic acids is 1. The molecule has 23 heavy (non-hydrogen) atoms. The smallest absolute Gasteiger partial charge is 0.282 e. The van der Waals surface area contributed by atoms with Gasteiger partial charge in [0.25, 0.3) is 11.6 Å². The number of nitrogens with one attached hydrogen (secondary N) is 1. The minimum absolute atomic E-state index is 0. The van der Waals surface area contributed by atoms with Crippen LogP contribution in [0.3, 0.4) is 0 Å². The van der Waals surface area contributed by atoms with Crippen LogP contribution < -0.4 is 11.1 Å². The summed E-state index contributed by atoms with van der Waals surface area (Å²) < 4.78 is 0. The first-order valence-electron chi connectivity index (χ1n) is 6.24. The molecule has 0 aliphatic carbocycles. The maximum absolute atomic E-state index is 12.2. The first kappa shape index (κ1) is 21.2. The quantitative estimate of drug-likeness (QED) is 0.550. The zero-order chi connectivity index (χ0) is 15.4. The van der Waals surface area contributed by atoms with E-state index in [9.17, 15) is 14.9 Å². The van der Waals surface area contributed by atoms with Crippen LogP contribution in [0.15, 0.2) is 42.7 Å². The molecule has 1 aromatic heterocycles. The highest BCUT2D eigenvalue weighted by molar-refractivity contribution is 8.93. The Labute approximate surface area is 154 Å². The first-order valence-corrected chi connectivity index (χ1v) is 6.24. The number of benzene rings is 1. The van der Waals surface area contributed by atoms with Gasteiger partial charge in [-0.15, -0.1) is 34.0 Å². The summed E-state index contributed by atoms with van der Waals surface area (Å²) in [5.74, 6) is -0.552. The van der Waals surface area contributed by atoms with Crippen LogP contribution in [0.4, 0.5) is 11.4 Å². The second-order valence-corrected chi connectivity index (χ2v) is 4.51. The van der Waals surface area contributed by atoms with Crippen molar-refractivity contribution >= 4 is 51.2 Å². The Morgan fingerprint density at radius 1 is 1.26 bits per heavy atom. The van der Waals surface area contributed by atoms with Gasteiger partial charge in [0.15, 0.2) is 0 Å². The molecule has 0 radical (unpaired) electrons. The molecule has 7 nitrogen and oxygen atoms in total. The number of amides is 1. The van der Waals surface area contributed by atoms with Crippen LogP contribution in [0, 0.1) is 10.1 Å². The molecule has 0 unspecified atom stereocenters. The summed E-state index contributed by atoms with van der Waals surface area (Å²) in [7, 11) is 0. The fraction of sp³-hybridized carbons (Fsp3) is 0.143. The molecule has 124 valence electrons. The first-order chi connectivity index (χ1) is 9.99. The number of nitro groups is 1. The van der Waals surface area contributed by atoms with E-state index in [-0.39, 0.29) is 51.3 Å². The van der Waals surface area contributed by atoms with Crippen molar-refractivity contribution in [1.82, 2.24) is 4.98 Å². The Kier molecular flexibility index (Phi) is 8.59. The van der Waals surface area contributed by atoms with E-state index in [4.69, 9.17) is 5.73 Å². The van der Waals surface area contributed by atoms with E-state index in [1.807, 2.05) is 0 Å². The van der Waals surface area contributed by atoms with E-state index >= 15 is 0 Å². The molecule has 2 rings (SSSR count). The number of anilines is 1. The molecule has 1 aromatic carbocycles. The third kappa shape index (κ3) is 5.38. The van der Waals surface area contributed by atoms with Crippen LogP contribution >= 0.6 is 34.0 Å². The topological polar surface area (TPSA) is 111 Å². The minimum atomic E-state index is -0.590. The monoisotopic (exact) mass is 446 g/mol. The highest BCUT2D eigenvalue weighted by atomic mass is 79.9. The number of rotatable bonds is 4. The zero-order valence-corrected chi connectivity index (χ0v) is 15.6. The van der Waals surface area contributed by atoms with Crippen LogP contribution in [0.1, 0.15) is 28.9 Å². The second kappa shape index (κ2) is 9.33. The lowest BCUT2D eigenvalue weighted by Crippen LogP contribution is -2.15. The van der Waals surface area contributed by atoms with Gasteiger partial charge >= 0.3 is 0 Å². The molecule has 0 aliphatic heterocycles. The number of carbonyl (C=O) groups is 1. The van der Waals surface area contributed by atoms with E-state index in [0.29, 0.717) is 11.3 Å². The van der Waals surface area contributed by atoms with E-state index in [0.717, 1.165) is 0 Å². The van der Waals surface area contributed by atoms with Gasteiger partial charge in [-0.2, -0.15) is 0 Å². The van der Waals surface area contributed by atoms with Gasteiger partial charge in [-0.25, -0.2) is 0 Å². The maximum atomic E-state index is 12.2. The highest BCUT2D eigenvalue weighted by Gasteiger charge is 2.21. The van der Waals surface area contributed by atoms with Crippen molar-refractivity contribution in [1.29, 1.82) is 0 Å². The fourth-order valence-corrected chi connectivity index (χ4v) is 1.81. The van der Waals surface area contributed by atoms with Gasteiger partial charge in [0.1, 0.15) is 5.56 Å². The molecular weight excluding hydrogens is 432 g/mol. The molecule has 0 aliphatic rings. The molecule has 0 spiro atoms. The zero-order valence-electron chi connectivity index (χ0n) is 12.1. The maximum Gasteiger partial charge on any atom is 0.282 e. The number of halogens is 2. The van der Waals surface area contributed by atoms with Crippen molar-refractivity contribution in [2.75, 3.05) is 5.32 Å². The van der Waals surface area contributed by atoms with Crippen molar-refractivity contribution in [2.45, 2.75) is 13.0 Å². The van der Waals surface area contributed by atoms with Crippen LogP contribution in [0.5, 0.6) is 0 Å². The molecule has 1 amide bonds. The lowest BCUT2D eigenvalue weighted by Gasteiger charge is -2.09. The van der Waals surface area contributed by atoms with Gasteiger partial charge < -0.3 is 11.1 Å². The molecule has 9 heteroatoms. The molecule has 2 aromatic rings. The number of nitro benzene ring substituents is 1. The van der Waals surface area contributed by atoms with Crippen molar-refractivity contribution < 1.29 is 9.72 Å². The Morgan fingerprint density at radius 2 is 1.87 bits per heavy atom. The summed E-state index contributed by atoms with van der Waals surface area (Å²) in [5.41, 5.74) is 6.54. The third-order valence-electron chi connectivity index (χ3n) is 2.93. The minimum Gasteiger partial charge on any atom is -0.324 e. The lowest BCUT2D eigenvalue weighted by atomic mass is 10.0. The van der Waals surface area contributed by atoms with Crippen LogP contribution in [-0.2, 0) is 0 Å². The molecule has 3 N–H and O–H groups in total. The number of pyridine rings is 1. The number of aromatic nitrogens is 1. The van der Waals surface area contributed by atoms with Gasteiger partial charge in [-0.3, -0.25) is 19.9 Å². The summed E-state index contributed by atoms with van der Waals surface area (Å²) in [6.45, 7) is 1.72. The average molecular weight is 448 g/mol. The highest BCUT2D eigenvalue weighted by Crippen LogP contribution is 2.24. The van der Waals surface area contributed by atoms with Gasteiger partial charge in [0, 0.05) is 30.2 Å². The second-order valence-electron chi connectivity index (χ2n) is 4.51. The Morgan fingerprint density at radius 3 is 2.39 bits per heavy atom. The molecule has 0 saturated heterocycles. The predicted octanol–water partition coefficient (Wildman–Crippen LogP) is 3.42. The lowest BCUT2D eigenvalue weighted by molar-refractivity contribution is -0.385. The molecule has 1 heterocycles. The summed E-state index contributed by atoms with van der Waals surface area (Å²) in [6.07, 6.45) is 3.03. The van der Waals surface area contributed by atoms with E-state index < -0.39 is 10.8 Å². The number of hydrogen-bond donors (Lipinski definition) is 2. The van der Waals surface area contributed by atoms with Gasteiger partial charge in [-0.1, -0.05) is 6.07 Å². The van der Waals surface area contributed by atoms with Gasteiger partial charge in [0.2, 0.25) is 0 Å². The summed E-state index contributed by atoms with van der Waals surface area (Å²) >= 11 is 0. The van der Waals surface area contributed by atoms with Crippen molar-refractivity contribution in [3.8, 4) is 0 Å². The van der Waals surface area contributed by atoms with Crippen molar-refractivity contribution in [2.24, 2.45) is 5.73 Å². The summed E-state index contributed by atoms with van der Waals surface area (Å²) in [5, 5.41) is 13.7. The Balaban J connectivity index is 0.00000242. The molecule has 1 atom stereocenters. The van der Waals surface area contributed by atoms with Gasteiger partial charge in [-0.05, 0) is 30.7 Å². The third-order valence-corrected chi connectivity index (χ3v) is 2.93. The average Bonchev–Trinajstić information content (AvgIpc) is 2.47. The fourth-order valence-electron chi connectivity index (χ4n) is 1.81. The molecule has 0 fully saturated rings. The number of hydrogen-bond acceptors (Lipinski definition) is 5. The largest absolute Gasteiger partial charge is 0.324 e. The summed E-state index contributed by atoms with van der Waals surface area (Å²) in [6, 6.07) is 7.19. The Hall–Kier alpha value is -1.84. The van der Waals surface area contributed by atoms with Gasteiger partial charge in [0.05, 0.1) is 4.92 Å². The van der Waals surface area contributed by atoms with E-state index in [1.54, 1.807) is 25.1 Å². The van der Waals surface area contributed by atoms with Crippen LogP contribution in [0.2, 0.25) is 0 Å². The molecular formula is C14H16Br2N4O3.